The Bertz CT molecular complexity index is 1020. The number of para-hydroxylation sites is 1. The van der Waals surface area contributed by atoms with Crippen molar-refractivity contribution in [3.8, 4) is 0 Å². The maximum absolute atomic E-state index is 12.5. The van der Waals surface area contributed by atoms with E-state index in [0.717, 1.165) is 12.0 Å². The molecule has 0 saturated heterocycles. The van der Waals surface area contributed by atoms with Gasteiger partial charge < -0.3 is 4.57 Å². The Morgan fingerprint density at radius 1 is 1.10 bits per heavy atom. The van der Waals surface area contributed by atoms with Crippen molar-refractivity contribution in [1.82, 2.24) is 9.55 Å². The molecule has 3 aromatic rings. The summed E-state index contributed by atoms with van der Waals surface area (Å²) >= 11 is 0. The minimum absolute atomic E-state index is 0.301. The first-order valence-electron chi connectivity index (χ1n) is 9.84. The van der Waals surface area contributed by atoms with E-state index in [9.17, 15) is 14.1 Å². The number of halogens is 1. The molecule has 0 bridgehead atoms. The summed E-state index contributed by atoms with van der Waals surface area (Å²) in [5, 5.41) is 0.380. The fraction of sp³-hybridized carbons (Fsp3) is 0.348. The molecule has 0 amide bonds. The summed E-state index contributed by atoms with van der Waals surface area (Å²) in [7, 11) is 0. The molecule has 0 aliphatic heterocycles. The van der Waals surface area contributed by atoms with E-state index in [1.54, 1.807) is 28.8 Å². The molecule has 0 spiro atoms. The Balaban J connectivity index is 0.00000145. The van der Waals surface area contributed by atoms with Crippen molar-refractivity contribution in [3.05, 3.63) is 76.3 Å². The van der Waals surface area contributed by atoms with Crippen molar-refractivity contribution < 1.29 is 14.3 Å². The summed E-state index contributed by atoms with van der Waals surface area (Å²) in [4.78, 5) is 31.7. The lowest BCUT2D eigenvalue weighted by molar-refractivity contribution is -0.184. The molecule has 154 valence electrons. The standard InChI is InChI=1S/C21H21FN2O3.C2H6/c1-3-21(2,15-9-5-4-6-10-15)13-18-23-20(26)16-11-7-8-12-17(16)24(18)14-19(25)27-22;1-2/h4-12H,3,13-14H2,1-2H3;1-2H3. The fourth-order valence-electron chi connectivity index (χ4n) is 3.35. The lowest BCUT2D eigenvalue weighted by Gasteiger charge is -2.30. The highest BCUT2D eigenvalue weighted by Gasteiger charge is 2.28. The molecule has 29 heavy (non-hydrogen) atoms. The summed E-state index contributed by atoms with van der Waals surface area (Å²) in [6.07, 6.45) is 1.22. The number of benzene rings is 2. The van der Waals surface area contributed by atoms with E-state index in [1.807, 2.05) is 44.2 Å². The molecule has 6 heteroatoms. The first-order chi connectivity index (χ1) is 14.0. The average Bonchev–Trinajstić information content (AvgIpc) is 2.78. The Hall–Kier alpha value is -3.02. The van der Waals surface area contributed by atoms with Crippen molar-refractivity contribution in [3.63, 3.8) is 0 Å². The number of aromatic nitrogens is 2. The molecule has 0 radical (unpaired) electrons. The highest BCUT2D eigenvalue weighted by molar-refractivity contribution is 5.80. The fourth-order valence-corrected chi connectivity index (χ4v) is 3.35. The van der Waals surface area contributed by atoms with E-state index >= 15 is 0 Å². The van der Waals surface area contributed by atoms with Gasteiger partial charge in [0, 0.05) is 10.9 Å². The second-order valence-corrected chi connectivity index (χ2v) is 6.84. The minimum atomic E-state index is -1.04. The first kappa shape index (κ1) is 22.3. The van der Waals surface area contributed by atoms with E-state index in [1.165, 1.54) is 0 Å². The number of hydrogen-bond donors (Lipinski definition) is 0. The number of fused-ring (bicyclic) bond motifs is 1. The van der Waals surface area contributed by atoms with Crippen LogP contribution in [0.3, 0.4) is 0 Å². The van der Waals surface area contributed by atoms with Crippen molar-refractivity contribution in [2.45, 2.75) is 52.5 Å². The smallest absolute Gasteiger partial charge is 0.318 e. The van der Waals surface area contributed by atoms with E-state index < -0.39 is 5.97 Å². The van der Waals surface area contributed by atoms with E-state index in [-0.39, 0.29) is 17.5 Å². The number of carbonyl (C=O) groups is 1. The summed E-state index contributed by atoms with van der Waals surface area (Å²) in [5.41, 5.74) is 0.973. The summed E-state index contributed by atoms with van der Waals surface area (Å²) in [5.74, 6) is -0.609. The molecule has 1 atom stereocenters. The van der Waals surface area contributed by atoms with Crippen molar-refractivity contribution in [2.24, 2.45) is 0 Å². The predicted molar refractivity (Wildman–Crippen MR) is 112 cm³/mol. The summed E-state index contributed by atoms with van der Waals surface area (Å²) < 4.78 is 14.0. The molecular weight excluding hydrogens is 371 g/mol. The molecule has 0 fully saturated rings. The van der Waals surface area contributed by atoms with Gasteiger partial charge in [-0.1, -0.05) is 70.2 Å². The molecule has 2 aromatic carbocycles. The first-order valence-corrected chi connectivity index (χ1v) is 9.84. The molecule has 0 aliphatic rings. The summed E-state index contributed by atoms with van der Waals surface area (Å²) in [6, 6.07) is 16.8. The zero-order valence-corrected chi connectivity index (χ0v) is 17.3. The van der Waals surface area contributed by atoms with Gasteiger partial charge in [-0.3, -0.25) is 9.74 Å². The van der Waals surface area contributed by atoms with Crippen LogP contribution in [0.2, 0.25) is 0 Å². The summed E-state index contributed by atoms with van der Waals surface area (Å²) in [6.45, 7) is 7.79. The minimum Gasteiger partial charge on any atom is -0.318 e. The van der Waals surface area contributed by atoms with Crippen molar-refractivity contribution >= 4 is 16.9 Å². The third-order valence-electron chi connectivity index (χ3n) is 5.14. The SMILES string of the molecule is CC.CCC(C)(Cc1nc(=O)c2ccccc2n1CC(=O)OF)c1ccccc1. The van der Waals surface area contributed by atoms with Crippen LogP contribution < -0.4 is 5.56 Å². The van der Waals surface area contributed by atoms with Crippen LogP contribution in [0.4, 0.5) is 4.53 Å². The second-order valence-electron chi connectivity index (χ2n) is 6.84. The van der Waals surface area contributed by atoms with Gasteiger partial charge in [0.25, 0.3) is 5.56 Å². The molecule has 1 heterocycles. The van der Waals surface area contributed by atoms with Gasteiger partial charge in [-0.2, -0.15) is 4.98 Å². The van der Waals surface area contributed by atoms with E-state index in [4.69, 9.17) is 0 Å². The van der Waals surface area contributed by atoms with Crippen LogP contribution in [0, 0.1) is 0 Å². The van der Waals surface area contributed by atoms with Crippen LogP contribution in [0.25, 0.3) is 10.9 Å². The van der Waals surface area contributed by atoms with Crippen LogP contribution in [0.5, 0.6) is 0 Å². The van der Waals surface area contributed by atoms with Gasteiger partial charge in [0.15, 0.2) is 0 Å². The predicted octanol–water partition coefficient (Wildman–Crippen LogP) is 4.76. The Morgan fingerprint density at radius 3 is 2.34 bits per heavy atom. The lowest BCUT2D eigenvalue weighted by atomic mass is 9.77. The van der Waals surface area contributed by atoms with Gasteiger partial charge in [-0.25, -0.2) is 4.79 Å². The molecule has 5 nitrogen and oxygen atoms in total. The monoisotopic (exact) mass is 398 g/mol. The van der Waals surface area contributed by atoms with Crippen LogP contribution in [-0.4, -0.2) is 15.5 Å². The van der Waals surface area contributed by atoms with Crippen LogP contribution in [0.15, 0.2) is 59.4 Å². The zero-order chi connectivity index (χ0) is 21.4. The van der Waals surface area contributed by atoms with E-state index in [0.29, 0.717) is 23.1 Å². The number of carbonyl (C=O) groups excluding carboxylic acids is 1. The largest absolute Gasteiger partial charge is 0.368 e. The Morgan fingerprint density at radius 2 is 1.72 bits per heavy atom. The molecule has 0 N–H and O–H groups in total. The van der Waals surface area contributed by atoms with Gasteiger partial charge >= 0.3 is 5.97 Å². The van der Waals surface area contributed by atoms with Gasteiger partial charge in [-0.15, -0.1) is 0 Å². The maximum atomic E-state index is 12.5. The topological polar surface area (TPSA) is 61.2 Å². The molecule has 0 aliphatic carbocycles. The van der Waals surface area contributed by atoms with Gasteiger partial charge in [0.05, 0.1) is 10.9 Å². The molecule has 0 saturated carbocycles. The van der Waals surface area contributed by atoms with Gasteiger partial charge in [0.2, 0.25) is 0 Å². The zero-order valence-electron chi connectivity index (χ0n) is 17.3. The molecule has 3 rings (SSSR count). The van der Waals surface area contributed by atoms with Crippen LogP contribution in [-0.2, 0) is 28.1 Å². The lowest BCUT2D eigenvalue weighted by Crippen LogP contribution is -2.30. The Kier molecular flexibility index (Phi) is 7.65. The van der Waals surface area contributed by atoms with Crippen LogP contribution in [0.1, 0.15) is 45.5 Å². The van der Waals surface area contributed by atoms with Crippen LogP contribution >= 0.6 is 0 Å². The number of hydrogen-bond acceptors (Lipinski definition) is 4. The third-order valence-corrected chi connectivity index (χ3v) is 5.14. The normalized spacial score (nSPS) is 12.6. The number of nitrogens with zero attached hydrogens (tertiary/aromatic N) is 2. The quantitative estimate of drug-likeness (QED) is 0.601. The highest BCUT2D eigenvalue weighted by Crippen LogP contribution is 2.31. The molecule has 1 aromatic heterocycles. The number of rotatable bonds is 6. The van der Waals surface area contributed by atoms with E-state index in [2.05, 4.69) is 23.8 Å². The van der Waals surface area contributed by atoms with Crippen molar-refractivity contribution in [2.75, 3.05) is 0 Å². The second kappa shape index (κ2) is 9.96. The molecular formula is C23H27FN2O3. The Labute approximate surface area is 170 Å². The highest BCUT2D eigenvalue weighted by atomic mass is 19.3. The van der Waals surface area contributed by atoms with Crippen molar-refractivity contribution in [1.29, 1.82) is 0 Å². The average molecular weight is 398 g/mol. The third kappa shape index (κ3) is 4.88. The maximum Gasteiger partial charge on any atom is 0.368 e. The van der Waals surface area contributed by atoms with Gasteiger partial charge in [0.1, 0.15) is 12.4 Å². The molecule has 1 unspecified atom stereocenters. The van der Waals surface area contributed by atoms with Gasteiger partial charge in [-0.05, 0) is 29.5 Å².